The fraction of sp³-hybridized carbons (Fsp3) is 0.250. The summed E-state index contributed by atoms with van der Waals surface area (Å²) >= 11 is 0. The molecule has 0 saturated carbocycles. The molecule has 0 spiro atoms. The Morgan fingerprint density at radius 2 is 1.80 bits per heavy atom. The number of nitrogens with zero attached hydrogens (tertiary/aromatic N) is 1. The third-order valence-electron chi connectivity index (χ3n) is 3.17. The summed E-state index contributed by atoms with van der Waals surface area (Å²) < 4.78 is 27.1. The molecule has 0 bridgehead atoms. The van der Waals surface area contributed by atoms with Crippen molar-refractivity contribution in [2.45, 2.75) is 19.8 Å². The van der Waals surface area contributed by atoms with Crippen LogP contribution in [0.5, 0.6) is 0 Å². The molecule has 2 nitrogen and oxygen atoms in total. The molecule has 2 aromatic rings. The van der Waals surface area contributed by atoms with E-state index in [1.54, 1.807) is 0 Å². The largest absolute Gasteiger partial charge is 0.395 e. The SMILES string of the molecule is CCCCN(c1ccccc1)c1cc(F)cc(F)c1N. The van der Waals surface area contributed by atoms with Gasteiger partial charge in [-0.05, 0) is 24.6 Å². The average Bonchev–Trinajstić information content (AvgIpc) is 2.45. The van der Waals surface area contributed by atoms with Gasteiger partial charge in [-0.15, -0.1) is 0 Å². The van der Waals surface area contributed by atoms with Gasteiger partial charge in [0.15, 0.2) is 5.82 Å². The number of benzene rings is 2. The maximum Gasteiger partial charge on any atom is 0.151 e. The predicted octanol–water partition coefficient (Wildman–Crippen LogP) is 4.49. The van der Waals surface area contributed by atoms with Crippen LogP contribution in [-0.4, -0.2) is 6.54 Å². The lowest BCUT2D eigenvalue weighted by molar-refractivity contribution is 0.586. The lowest BCUT2D eigenvalue weighted by Gasteiger charge is -2.26. The van der Waals surface area contributed by atoms with Gasteiger partial charge in [0.25, 0.3) is 0 Å². The van der Waals surface area contributed by atoms with Gasteiger partial charge < -0.3 is 10.6 Å². The lowest BCUT2D eigenvalue weighted by atomic mass is 10.1. The molecule has 0 aliphatic carbocycles. The summed E-state index contributed by atoms with van der Waals surface area (Å²) in [5.74, 6) is -1.35. The van der Waals surface area contributed by atoms with Crippen molar-refractivity contribution in [3.63, 3.8) is 0 Å². The van der Waals surface area contributed by atoms with E-state index in [-0.39, 0.29) is 5.69 Å². The Morgan fingerprint density at radius 3 is 2.45 bits per heavy atom. The Bertz CT molecular complexity index is 570. The summed E-state index contributed by atoms with van der Waals surface area (Å²) in [4.78, 5) is 1.85. The molecule has 2 N–H and O–H groups in total. The molecule has 0 aromatic heterocycles. The van der Waals surface area contributed by atoms with Crippen LogP contribution in [0.25, 0.3) is 0 Å². The summed E-state index contributed by atoms with van der Waals surface area (Å²) in [6, 6.07) is 11.6. The van der Waals surface area contributed by atoms with Gasteiger partial charge in [0, 0.05) is 18.3 Å². The second kappa shape index (κ2) is 6.37. The van der Waals surface area contributed by atoms with Crippen LogP contribution in [0.2, 0.25) is 0 Å². The van der Waals surface area contributed by atoms with Crippen LogP contribution >= 0.6 is 0 Å². The van der Waals surface area contributed by atoms with Gasteiger partial charge in [-0.25, -0.2) is 8.78 Å². The molecule has 2 rings (SSSR count). The summed E-state index contributed by atoms with van der Waals surface area (Å²) in [5.41, 5.74) is 7.01. The van der Waals surface area contributed by atoms with Gasteiger partial charge >= 0.3 is 0 Å². The lowest BCUT2D eigenvalue weighted by Crippen LogP contribution is -2.20. The van der Waals surface area contributed by atoms with E-state index < -0.39 is 11.6 Å². The van der Waals surface area contributed by atoms with E-state index in [0.29, 0.717) is 12.2 Å². The van der Waals surface area contributed by atoms with Crippen LogP contribution in [0.3, 0.4) is 0 Å². The predicted molar refractivity (Wildman–Crippen MR) is 79.1 cm³/mol. The Balaban J connectivity index is 2.46. The van der Waals surface area contributed by atoms with Crippen molar-refractivity contribution in [2.75, 3.05) is 17.2 Å². The van der Waals surface area contributed by atoms with Gasteiger partial charge in [0.05, 0.1) is 11.4 Å². The van der Waals surface area contributed by atoms with Crippen LogP contribution < -0.4 is 10.6 Å². The highest BCUT2D eigenvalue weighted by Gasteiger charge is 2.16. The summed E-state index contributed by atoms with van der Waals surface area (Å²) in [7, 11) is 0. The number of nitrogen functional groups attached to an aromatic ring is 1. The van der Waals surface area contributed by atoms with E-state index in [1.807, 2.05) is 35.2 Å². The van der Waals surface area contributed by atoms with Gasteiger partial charge in [-0.1, -0.05) is 31.5 Å². The number of halogens is 2. The Kier molecular flexibility index (Phi) is 4.56. The zero-order valence-electron chi connectivity index (χ0n) is 11.4. The monoisotopic (exact) mass is 276 g/mol. The molecule has 0 atom stereocenters. The topological polar surface area (TPSA) is 29.3 Å². The molecule has 0 aliphatic heterocycles. The number of nitrogens with two attached hydrogens (primary N) is 1. The fourth-order valence-corrected chi connectivity index (χ4v) is 2.11. The number of hydrogen-bond donors (Lipinski definition) is 1. The first-order valence-electron chi connectivity index (χ1n) is 6.70. The smallest absolute Gasteiger partial charge is 0.151 e. The Morgan fingerprint density at radius 1 is 1.10 bits per heavy atom. The maximum atomic E-state index is 13.6. The standard InChI is InChI=1S/C16H18F2N2/c1-2-3-9-20(13-7-5-4-6-8-13)15-11-12(17)10-14(18)16(15)19/h4-8,10-11H,2-3,9,19H2,1H3. The zero-order chi connectivity index (χ0) is 14.5. The summed E-state index contributed by atoms with van der Waals surface area (Å²) in [5, 5.41) is 0. The van der Waals surface area contributed by atoms with Gasteiger partial charge in [-0.3, -0.25) is 0 Å². The van der Waals surface area contributed by atoms with E-state index >= 15 is 0 Å². The molecular weight excluding hydrogens is 258 g/mol. The Labute approximate surface area is 117 Å². The van der Waals surface area contributed by atoms with Crippen LogP contribution in [0.1, 0.15) is 19.8 Å². The van der Waals surface area contributed by atoms with Crippen LogP contribution in [-0.2, 0) is 0 Å². The van der Waals surface area contributed by atoms with Gasteiger partial charge in [-0.2, -0.15) is 0 Å². The van der Waals surface area contributed by atoms with Crippen LogP contribution in [0.15, 0.2) is 42.5 Å². The van der Waals surface area contributed by atoms with E-state index in [4.69, 9.17) is 5.73 Å². The number of hydrogen-bond acceptors (Lipinski definition) is 2. The molecule has 0 saturated heterocycles. The number of para-hydroxylation sites is 1. The molecule has 106 valence electrons. The molecule has 2 aromatic carbocycles. The highest BCUT2D eigenvalue weighted by molar-refractivity contribution is 5.75. The molecule has 0 aliphatic rings. The first-order chi connectivity index (χ1) is 9.63. The number of unbranched alkanes of at least 4 members (excludes halogenated alkanes) is 1. The third kappa shape index (κ3) is 3.07. The molecule has 0 heterocycles. The highest BCUT2D eigenvalue weighted by Crippen LogP contribution is 2.33. The molecule has 0 fully saturated rings. The minimum Gasteiger partial charge on any atom is -0.395 e. The van der Waals surface area contributed by atoms with E-state index in [9.17, 15) is 8.78 Å². The van der Waals surface area contributed by atoms with Crippen molar-refractivity contribution in [2.24, 2.45) is 0 Å². The van der Waals surface area contributed by atoms with E-state index in [0.717, 1.165) is 24.6 Å². The normalized spacial score (nSPS) is 10.6. The maximum absolute atomic E-state index is 13.6. The molecule has 0 amide bonds. The second-order valence-electron chi connectivity index (χ2n) is 4.66. The minimum absolute atomic E-state index is 0.0219. The number of rotatable bonds is 5. The van der Waals surface area contributed by atoms with Crippen molar-refractivity contribution in [3.05, 3.63) is 54.1 Å². The van der Waals surface area contributed by atoms with E-state index in [2.05, 4.69) is 6.92 Å². The van der Waals surface area contributed by atoms with Crippen molar-refractivity contribution >= 4 is 17.1 Å². The van der Waals surface area contributed by atoms with Crippen LogP contribution in [0.4, 0.5) is 25.8 Å². The molecule has 0 radical (unpaired) electrons. The molecule has 4 heteroatoms. The summed E-state index contributed by atoms with van der Waals surface area (Å²) in [6.07, 6.45) is 1.90. The molecular formula is C16H18F2N2. The zero-order valence-corrected chi connectivity index (χ0v) is 11.4. The van der Waals surface area contributed by atoms with E-state index in [1.165, 1.54) is 6.07 Å². The summed E-state index contributed by atoms with van der Waals surface area (Å²) in [6.45, 7) is 2.73. The van der Waals surface area contributed by atoms with Crippen molar-refractivity contribution in [1.82, 2.24) is 0 Å². The van der Waals surface area contributed by atoms with Gasteiger partial charge in [0.1, 0.15) is 5.82 Å². The third-order valence-corrected chi connectivity index (χ3v) is 3.17. The van der Waals surface area contributed by atoms with Gasteiger partial charge in [0.2, 0.25) is 0 Å². The average molecular weight is 276 g/mol. The molecule has 20 heavy (non-hydrogen) atoms. The highest BCUT2D eigenvalue weighted by atomic mass is 19.1. The van der Waals surface area contributed by atoms with Crippen molar-refractivity contribution in [1.29, 1.82) is 0 Å². The number of anilines is 3. The quantitative estimate of drug-likeness (QED) is 0.815. The first-order valence-corrected chi connectivity index (χ1v) is 6.70. The molecule has 0 unspecified atom stereocenters. The van der Waals surface area contributed by atoms with Crippen LogP contribution in [0, 0.1) is 11.6 Å². The Hall–Kier alpha value is -2.10. The first kappa shape index (κ1) is 14.3. The van der Waals surface area contributed by atoms with Crippen molar-refractivity contribution < 1.29 is 8.78 Å². The minimum atomic E-state index is -0.725. The second-order valence-corrected chi connectivity index (χ2v) is 4.66. The fourth-order valence-electron chi connectivity index (χ4n) is 2.11. The van der Waals surface area contributed by atoms with Crippen molar-refractivity contribution in [3.8, 4) is 0 Å².